The van der Waals surface area contributed by atoms with Gasteiger partial charge in [-0.3, -0.25) is 0 Å². The van der Waals surface area contributed by atoms with Crippen molar-refractivity contribution in [1.82, 2.24) is 0 Å². The number of para-hydroxylation sites is 2. The zero-order valence-corrected chi connectivity index (χ0v) is 24.5. The van der Waals surface area contributed by atoms with Crippen molar-refractivity contribution in [2.75, 3.05) is 0 Å². The Morgan fingerprint density at radius 1 is 0.568 bits per heavy atom. The van der Waals surface area contributed by atoms with Gasteiger partial charge in [0.2, 0.25) is 0 Å². The molecule has 1 aromatic heterocycles. The van der Waals surface area contributed by atoms with E-state index in [0.29, 0.717) is 5.92 Å². The van der Waals surface area contributed by atoms with Crippen molar-refractivity contribution >= 4 is 27.5 Å². The first-order valence-electron chi connectivity index (χ1n) is 15.8. The van der Waals surface area contributed by atoms with Crippen LogP contribution in [0.4, 0.5) is 0 Å². The molecule has 0 radical (unpaired) electrons. The molecule has 0 spiro atoms. The van der Waals surface area contributed by atoms with Gasteiger partial charge in [0.15, 0.2) is 0 Å². The number of allylic oxidation sites excluding steroid dienone is 8. The minimum absolute atomic E-state index is 0.292. The van der Waals surface area contributed by atoms with Crippen molar-refractivity contribution in [3.05, 3.63) is 174 Å². The molecule has 0 amide bonds. The summed E-state index contributed by atoms with van der Waals surface area (Å²) in [6.45, 7) is 0. The number of benzene rings is 5. The van der Waals surface area contributed by atoms with E-state index < -0.39 is 0 Å². The highest BCUT2D eigenvalue weighted by Gasteiger charge is 2.50. The van der Waals surface area contributed by atoms with Crippen molar-refractivity contribution in [1.29, 1.82) is 0 Å². The first-order valence-corrected chi connectivity index (χ1v) is 15.8. The summed E-state index contributed by atoms with van der Waals surface area (Å²) >= 11 is 0. The molecule has 5 aromatic carbocycles. The van der Waals surface area contributed by atoms with Gasteiger partial charge in [-0.25, -0.2) is 0 Å². The molecule has 6 aromatic rings. The third-order valence-electron chi connectivity index (χ3n) is 10.1. The van der Waals surface area contributed by atoms with E-state index in [1.807, 2.05) is 6.07 Å². The third-order valence-corrected chi connectivity index (χ3v) is 10.1. The minimum atomic E-state index is -0.292. The molecule has 0 N–H and O–H groups in total. The summed E-state index contributed by atoms with van der Waals surface area (Å²) in [4.78, 5) is 0. The second kappa shape index (κ2) is 9.96. The Balaban J connectivity index is 1.34. The maximum Gasteiger partial charge on any atom is 0.143 e. The van der Waals surface area contributed by atoms with Crippen LogP contribution >= 0.6 is 0 Å². The molecule has 3 aliphatic carbocycles. The molecule has 210 valence electrons. The zero-order chi connectivity index (χ0) is 29.1. The van der Waals surface area contributed by atoms with Crippen LogP contribution in [0, 0.1) is 5.92 Å². The molecule has 0 saturated heterocycles. The van der Waals surface area contributed by atoms with Gasteiger partial charge in [0.1, 0.15) is 11.2 Å². The van der Waals surface area contributed by atoms with Crippen LogP contribution in [0.3, 0.4) is 0 Å². The lowest BCUT2D eigenvalue weighted by Gasteiger charge is -2.42. The van der Waals surface area contributed by atoms with Crippen LogP contribution in [0.1, 0.15) is 36.0 Å². The molecule has 44 heavy (non-hydrogen) atoms. The second-order valence-electron chi connectivity index (χ2n) is 12.2. The first kappa shape index (κ1) is 25.4. The Morgan fingerprint density at radius 3 is 2.05 bits per heavy atom. The Kier molecular flexibility index (Phi) is 5.74. The molecule has 0 aliphatic heterocycles. The molecule has 9 rings (SSSR count). The molecular weight excluding hydrogens is 532 g/mol. The Morgan fingerprint density at radius 2 is 1.23 bits per heavy atom. The predicted molar refractivity (Wildman–Crippen MR) is 183 cm³/mol. The standard InChI is InChI=1S/C43H32O/c1-2-15-29(16-3-1)43(39-26-11-7-20-33(39)34-21-8-12-27-40(34)43)38-25-10-6-19-32(38)30-17-4-5-18-31(30)36-23-14-24-37-35-22-9-13-28-41(35)44-42(36)37/h1-7,9-15,17-20,22-29H,8,16,21H2. The Hall–Kier alpha value is -5.14. The minimum Gasteiger partial charge on any atom is -0.455 e. The zero-order valence-electron chi connectivity index (χ0n) is 24.5. The highest BCUT2D eigenvalue weighted by molar-refractivity contribution is 6.10. The topological polar surface area (TPSA) is 13.1 Å². The van der Waals surface area contributed by atoms with Gasteiger partial charge in [0.25, 0.3) is 0 Å². The van der Waals surface area contributed by atoms with Gasteiger partial charge in [-0.1, -0.05) is 146 Å². The molecule has 1 heterocycles. The first-order chi connectivity index (χ1) is 21.9. The van der Waals surface area contributed by atoms with Gasteiger partial charge in [-0.2, -0.15) is 0 Å². The monoisotopic (exact) mass is 564 g/mol. The molecule has 0 saturated carbocycles. The lowest BCUT2D eigenvalue weighted by atomic mass is 9.60. The van der Waals surface area contributed by atoms with E-state index >= 15 is 0 Å². The van der Waals surface area contributed by atoms with Crippen LogP contribution in [0.2, 0.25) is 0 Å². The lowest BCUT2D eigenvalue weighted by Crippen LogP contribution is -2.37. The SMILES string of the molecule is C1=CCC(C2(c3ccccc3-c3ccccc3-c3cccc4c3oc3ccccc34)C3=C(CCC=C3)c3ccccc32)C=C1. The van der Waals surface area contributed by atoms with E-state index in [0.717, 1.165) is 46.8 Å². The van der Waals surface area contributed by atoms with Crippen LogP contribution in [-0.4, -0.2) is 0 Å². The summed E-state index contributed by atoms with van der Waals surface area (Å²) in [5.74, 6) is 0.302. The van der Waals surface area contributed by atoms with E-state index in [9.17, 15) is 0 Å². The largest absolute Gasteiger partial charge is 0.455 e. The molecule has 0 bridgehead atoms. The van der Waals surface area contributed by atoms with Gasteiger partial charge in [-0.15, -0.1) is 0 Å². The van der Waals surface area contributed by atoms with Crippen molar-refractivity contribution in [2.45, 2.75) is 24.7 Å². The van der Waals surface area contributed by atoms with Crippen LogP contribution < -0.4 is 0 Å². The number of furan rings is 1. The fourth-order valence-corrected chi connectivity index (χ4v) is 8.31. The average Bonchev–Trinajstić information content (AvgIpc) is 3.63. The number of fused-ring (bicyclic) bond motifs is 5. The lowest BCUT2D eigenvalue weighted by molar-refractivity contribution is 0.454. The smallest absolute Gasteiger partial charge is 0.143 e. The van der Waals surface area contributed by atoms with Crippen molar-refractivity contribution in [2.24, 2.45) is 5.92 Å². The van der Waals surface area contributed by atoms with E-state index in [1.165, 1.54) is 44.5 Å². The summed E-state index contributed by atoms with van der Waals surface area (Å²) in [6.07, 6.45) is 17.3. The normalized spacial score (nSPS) is 20.4. The highest BCUT2D eigenvalue weighted by atomic mass is 16.3. The number of rotatable bonds is 4. The predicted octanol–water partition coefficient (Wildman–Crippen LogP) is 11.5. The highest BCUT2D eigenvalue weighted by Crippen LogP contribution is 2.60. The number of hydrogen-bond acceptors (Lipinski definition) is 1. The number of hydrogen-bond donors (Lipinski definition) is 0. The van der Waals surface area contributed by atoms with Crippen molar-refractivity contribution < 1.29 is 4.42 Å². The molecule has 1 nitrogen and oxygen atoms in total. The maximum absolute atomic E-state index is 6.56. The average molecular weight is 565 g/mol. The fourth-order valence-electron chi connectivity index (χ4n) is 8.31. The van der Waals surface area contributed by atoms with Crippen LogP contribution in [0.15, 0.2) is 162 Å². The van der Waals surface area contributed by atoms with Gasteiger partial charge in [0.05, 0.1) is 5.41 Å². The van der Waals surface area contributed by atoms with E-state index in [-0.39, 0.29) is 5.41 Å². The van der Waals surface area contributed by atoms with Gasteiger partial charge >= 0.3 is 0 Å². The van der Waals surface area contributed by atoms with Gasteiger partial charge in [0, 0.05) is 16.3 Å². The molecule has 0 fully saturated rings. The molecular formula is C43H32O. The third kappa shape index (κ3) is 3.53. The summed E-state index contributed by atoms with van der Waals surface area (Å²) < 4.78 is 6.56. The Bertz CT molecular complexity index is 2220. The van der Waals surface area contributed by atoms with E-state index in [1.54, 1.807) is 0 Å². The molecule has 2 unspecified atom stereocenters. The van der Waals surface area contributed by atoms with E-state index in [2.05, 4.69) is 146 Å². The maximum atomic E-state index is 6.56. The molecule has 3 aliphatic rings. The van der Waals surface area contributed by atoms with Gasteiger partial charge < -0.3 is 4.42 Å². The quantitative estimate of drug-likeness (QED) is 0.208. The van der Waals surface area contributed by atoms with Gasteiger partial charge in [-0.05, 0) is 75.8 Å². The fraction of sp³-hybridized carbons (Fsp3) is 0.116. The van der Waals surface area contributed by atoms with Crippen LogP contribution in [-0.2, 0) is 5.41 Å². The molecule has 1 heteroatoms. The summed E-state index contributed by atoms with van der Waals surface area (Å²) in [5.41, 5.74) is 13.6. The summed E-state index contributed by atoms with van der Waals surface area (Å²) in [5, 5.41) is 2.31. The summed E-state index contributed by atoms with van der Waals surface area (Å²) in [6, 6.07) is 42.2. The molecule has 2 atom stereocenters. The van der Waals surface area contributed by atoms with E-state index in [4.69, 9.17) is 4.42 Å². The second-order valence-corrected chi connectivity index (χ2v) is 12.2. The Labute approximate surface area is 258 Å². The van der Waals surface area contributed by atoms with Crippen LogP contribution in [0.25, 0.3) is 49.8 Å². The van der Waals surface area contributed by atoms with Crippen molar-refractivity contribution in [3.63, 3.8) is 0 Å². The summed E-state index contributed by atoms with van der Waals surface area (Å²) in [7, 11) is 0. The van der Waals surface area contributed by atoms with Crippen LogP contribution in [0.5, 0.6) is 0 Å². The van der Waals surface area contributed by atoms with Crippen molar-refractivity contribution in [3.8, 4) is 22.3 Å².